The first-order valence-electron chi connectivity index (χ1n) is 4.36. The lowest BCUT2D eigenvalue weighted by molar-refractivity contribution is -0.597. The SMILES string of the molecule is [CH2-][NH2+]CCOCc1ccc(F)cc1F. The molecule has 14 heavy (non-hydrogen) atoms. The van der Waals surface area contributed by atoms with Crippen molar-refractivity contribution in [2.75, 3.05) is 13.2 Å². The molecule has 0 fully saturated rings. The second-order valence-corrected chi connectivity index (χ2v) is 2.87. The maximum atomic E-state index is 13.0. The van der Waals surface area contributed by atoms with Crippen molar-refractivity contribution in [1.29, 1.82) is 0 Å². The lowest BCUT2D eigenvalue weighted by atomic mass is 10.2. The van der Waals surface area contributed by atoms with Crippen LogP contribution in [0.3, 0.4) is 0 Å². The number of quaternary nitrogens is 1. The van der Waals surface area contributed by atoms with Crippen LogP contribution < -0.4 is 5.32 Å². The topological polar surface area (TPSA) is 25.8 Å². The molecule has 0 spiro atoms. The van der Waals surface area contributed by atoms with Crippen LogP contribution in [0.25, 0.3) is 0 Å². The minimum absolute atomic E-state index is 0.167. The Morgan fingerprint density at radius 1 is 1.36 bits per heavy atom. The van der Waals surface area contributed by atoms with Gasteiger partial charge in [0.2, 0.25) is 0 Å². The van der Waals surface area contributed by atoms with Crippen molar-refractivity contribution in [3.05, 3.63) is 42.4 Å². The zero-order valence-electron chi connectivity index (χ0n) is 7.80. The summed E-state index contributed by atoms with van der Waals surface area (Å²) in [6.45, 7) is 1.39. The summed E-state index contributed by atoms with van der Waals surface area (Å²) >= 11 is 0. The second-order valence-electron chi connectivity index (χ2n) is 2.87. The molecular formula is C10H13F2NO. The molecule has 0 heterocycles. The molecule has 0 aromatic heterocycles. The summed E-state index contributed by atoms with van der Waals surface area (Å²) in [4.78, 5) is 0. The Morgan fingerprint density at radius 3 is 2.79 bits per heavy atom. The van der Waals surface area contributed by atoms with E-state index in [0.717, 1.165) is 12.6 Å². The van der Waals surface area contributed by atoms with E-state index in [1.54, 1.807) is 5.32 Å². The van der Waals surface area contributed by atoms with Crippen molar-refractivity contribution < 1.29 is 18.8 Å². The number of halogens is 2. The molecule has 2 nitrogen and oxygen atoms in total. The number of nitrogens with two attached hydrogens (primary N) is 1. The van der Waals surface area contributed by atoms with E-state index in [-0.39, 0.29) is 6.61 Å². The molecule has 78 valence electrons. The van der Waals surface area contributed by atoms with Gasteiger partial charge >= 0.3 is 0 Å². The van der Waals surface area contributed by atoms with E-state index >= 15 is 0 Å². The quantitative estimate of drug-likeness (QED) is 0.554. The number of benzene rings is 1. The Labute approximate surface area is 81.9 Å². The highest BCUT2D eigenvalue weighted by molar-refractivity contribution is 5.17. The van der Waals surface area contributed by atoms with E-state index in [0.29, 0.717) is 12.2 Å². The monoisotopic (exact) mass is 201 g/mol. The number of hydrogen-bond donors (Lipinski definition) is 1. The second kappa shape index (κ2) is 5.67. The molecule has 0 aliphatic carbocycles. The van der Waals surface area contributed by atoms with Gasteiger partial charge in [-0.05, 0) is 6.07 Å². The summed E-state index contributed by atoms with van der Waals surface area (Å²) in [5, 5.41) is 1.72. The first-order chi connectivity index (χ1) is 6.74. The zero-order chi connectivity index (χ0) is 10.4. The Kier molecular flexibility index (Phi) is 4.49. The van der Waals surface area contributed by atoms with E-state index in [4.69, 9.17) is 4.74 Å². The minimum Gasteiger partial charge on any atom is -0.477 e. The van der Waals surface area contributed by atoms with Gasteiger partial charge in [0.05, 0.1) is 19.8 Å². The molecular weight excluding hydrogens is 188 g/mol. The highest BCUT2D eigenvalue weighted by Crippen LogP contribution is 2.10. The van der Waals surface area contributed by atoms with Crippen LogP contribution >= 0.6 is 0 Å². The van der Waals surface area contributed by atoms with Crippen molar-refractivity contribution in [2.24, 2.45) is 0 Å². The molecule has 0 atom stereocenters. The predicted octanol–water partition coefficient (Wildman–Crippen LogP) is 0.836. The fourth-order valence-electron chi connectivity index (χ4n) is 0.988. The maximum Gasteiger partial charge on any atom is 0.131 e. The van der Waals surface area contributed by atoms with E-state index in [1.807, 2.05) is 0 Å². The van der Waals surface area contributed by atoms with Gasteiger partial charge in [0, 0.05) is 11.6 Å². The van der Waals surface area contributed by atoms with Gasteiger partial charge in [0.25, 0.3) is 0 Å². The van der Waals surface area contributed by atoms with Crippen molar-refractivity contribution in [1.82, 2.24) is 0 Å². The average Bonchev–Trinajstić information content (AvgIpc) is 2.15. The molecule has 0 bridgehead atoms. The fourth-order valence-corrected chi connectivity index (χ4v) is 0.988. The van der Waals surface area contributed by atoms with Crippen molar-refractivity contribution in [3.63, 3.8) is 0 Å². The van der Waals surface area contributed by atoms with Crippen molar-refractivity contribution >= 4 is 0 Å². The van der Waals surface area contributed by atoms with Crippen LogP contribution in [0.5, 0.6) is 0 Å². The molecule has 0 unspecified atom stereocenters. The first kappa shape index (κ1) is 11.1. The van der Waals surface area contributed by atoms with E-state index < -0.39 is 11.6 Å². The summed E-state index contributed by atoms with van der Waals surface area (Å²) in [5.41, 5.74) is 0.371. The highest BCUT2D eigenvalue weighted by Gasteiger charge is 2.03. The standard InChI is InChI=1S/C10H13F2NO/c1-13-4-5-14-7-8-2-3-9(11)6-10(8)12/h2-3,6H,1,4-5,7,13H2. The normalized spacial score (nSPS) is 10.5. The van der Waals surface area contributed by atoms with Crippen LogP contribution in [0, 0.1) is 18.7 Å². The van der Waals surface area contributed by atoms with Gasteiger partial charge in [-0.3, -0.25) is 0 Å². The first-order valence-corrected chi connectivity index (χ1v) is 4.36. The number of hydrogen-bond acceptors (Lipinski definition) is 1. The molecule has 2 N–H and O–H groups in total. The van der Waals surface area contributed by atoms with Gasteiger partial charge in [0.15, 0.2) is 0 Å². The van der Waals surface area contributed by atoms with Gasteiger partial charge in [-0.25, -0.2) is 8.78 Å². The number of rotatable bonds is 5. The third-order valence-corrected chi connectivity index (χ3v) is 1.74. The molecule has 1 aromatic carbocycles. The summed E-state index contributed by atoms with van der Waals surface area (Å²) in [6.07, 6.45) is 0. The van der Waals surface area contributed by atoms with Crippen molar-refractivity contribution in [3.8, 4) is 0 Å². The Balaban J connectivity index is 2.42. The third kappa shape index (κ3) is 3.40. The van der Waals surface area contributed by atoms with Gasteiger partial charge < -0.3 is 10.1 Å². The summed E-state index contributed by atoms with van der Waals surface area (Å²) < 4.78 is 30.7. The molecule has 4 heteroatoms. The minimum atomic E-state index is -0.572. The van der Waals surface area contributed by atoms with Gasteiger partial charge in [-0.15, -0.1) is 0 Å². The maximum absolute atomic E-state index is 13.0. The van der Waals surface area contributed by atoms with Crippen LogP contribution in [0.4, 0.5) is 8.78 Å². The van der Waals surface area contributed by atoms with Crippen molar-refractivity contribution in [2.45, 2.75) is 6.61 Å². The molecule has 0 aliphatic heterocycles. The van der Waals surface area contributed by atoms with Crippen LogP contribution in [0.1, 0.15) is 5.56 Å². The molecule has 0 aliphatic rings. The highest BCUT2D eigenvalue weighted by atomic mass is 19.1. The van der Waals surface area contributed by atoms with Crippen LogP contribution in [0.15, 0.2) is 18.2 Å². The lowest BCUT2D eigenvalue weighted by Gasteiger charge is -2.05. The fraction of sp³-hybridized carbons (Fsp3) is 0.300. The van der Waals surface area contributed by atoms with E-state index in [1.165, 1.54) is 12.1 Å². The lowest BCUT2D eigenvalue weighted by Crippen LogP contribution is -2.78. The average molecular weight is 201 g/mol. The predicted molar refractivity (Wildman–Crippen MR) is 48.2 cm³/mol. The Hall–Kier alpha value is -1.00. The summed E-state index contributed by atoms with van der Waals surface area (Å²) in [7, 11) is 3.53. The largest absolute Gasteiger partial charge is 0.477 e. The summed E-state index contributed by atoms with van der Waals surface area (Å²) in [5.74, 6) is -1.14. The zero-order valence-corrected chi connectivity index (χ0v) is 7.80. The smallest absolute Gasteiger partial charge is 0.131 e. The molecule has 1 rings (SSSR count). The van der Waals surface area contributed by atoms with E-state index in [2.05, 4.69) is 7.05 Å². The molecule has 0 radical (unpaired) electrons. The molecule has 0 saturated heterocycles. The van der Waals surface area contributed by atoms with Gasteiger partial charge in [-0.1, -0.05) is 6.07 Å². The van der Waals surface area contributed by atoms with Crippen LogP contribution in [-0.4, -0.2) is 13.2 Å². The van der Waals surface area contributed by atoms with Crippen LogP contribution in [0.2, 0.25) is 0 Å². The Morgan fingerprint density at radius 2 is 2.14 bits per heavy atom. The molecule has 0 amide bonds. The Bertz CT molecular complexity index is 291. The molecule has 0 saturated carbocycles. The van der Waals surface area contributed by atoms with Gasteiger partial charge in [0.1, 0.15) is 11.6 Å². The third-order valence-electron chi connectivity index (χ3n) is 1.74. The summed E-state index contributed by atoms with van der Waals surface area (Å²) in [6, 6.07) is 3.46. The van der Waals surface area contributed by atoms with Gasteiger partial charge in [-0.2, -0.15) is 7.05 Å². The van der Waals surface area contributed by atoms with E-state index in [9.17, 15) is 8.78 Å². The van der Waals surface area contributed by atoms with Crippen LogP contribution in [-0.2, 0) is 11.3 Å². The number of ether oxygens (including phenoxy) is 1. The molecule has 1 aromatic rings.